The van der Waals surface area contributed by atoms with E-state index in [1.165, 1.54) is 29.0 Å². The third-order valence-corrected chi connectivity index (χ3v) is 3.95. The molecule has 0 radical (unpaired) electrons. The lowest BCUT2D eigenvalue weighted by molar-refractivity contribution is 0.922. The van der Waals surface area contributed by atoms with Crippen LogP contribution in [-0.2, 0) is 6.42 Å². The summed E-state index contributed by atoms with van der Waals surface area (Å²) < 4.78 is 0. The van der Waals surface area contributed by atoms with Crippen molar-refractivity contribution in [2.75, 3.05) is 17.6 Å². The van der Waals surface area contributed by atoms with Crippen LogP contribution in [0.2, 0.25) is 0 Å². The van der Waals surface area contributed by atoms with E-state index in [0.717, 1.165) is 12.3 Å². The van der Waals surface area contributed by atoms with Gasteiger partial charge in [-0.05, 0) is 36.2 Å². The molecule has 0 aliphatic carbocycles. The highest BCUT2D eigenvalue weighted by Crippen LogP contribution is 2.17. The Balaban J connectivity index is 1.70. The predicted octanol–water partition coefficient (Wildman–Crippen LogP) is 4.84. The lowest BCUT2D eigenvalue weighted by atomic mass is 10.1. The zero-order valence-electron chi connectivity index (χ0n) is 11.4. The van der Waals surface area contributed by atoms with Gasteiger partial charge in [-0.1, -0.05) is 43.7 Å². The molecule has 0 bridgehead atoms. The molecule has 100 valence electrons. The fraction of sp³-hybridized carbons (Fsp3) is 0.294. The molecule has 0 aliphatic rings. The van der Waals surface area contributed by atoms with Crippen molar-refractivity contribution in [1.82, 2.24) is 0 Å². The van der Waals surface area contributed by atoms with E-state index in [1.807, 2.05) is 11.8 Å². The number of hydrogen-bond acceptors (Lipinski definition) is 2. The van der Waals surface area contributed by atoms with Crippen molar-refractivity contribution in [3.8, 4) is 0 Å². The number of aryl methyl sites for hydroxylation is 1. The van der Waals surface area contributed by atoms with Gasteiger partial charge in [-0.15, -0.1) is 11.8 Å². The maximum Gasteiger partial charge on any atom is 0.0340 e. The molecule has 19 heavy (non-hydrogen) atoms. The van der Waals surface area contributed by atoms with E-state index in [2.05, 4.69) is 66.8 Å². The number of anilines is 1. The molecule has 0 amide bonds. The maximum atomic E-state index is 3.46. The first-order chi connectivity index (χ1) is 9.38. The summed E-state index contributed by atoms with van der Waals surface area (Å²) in [5.74, 6) is 1.08. The van der Waals surface area contributed by atoms with E-state index < -0.39 is 0 Å². The van der Waals surface area contributed by atoms with Crippen molar-refractivity contribution < 1.29 is 0 Å². The van der Waals surface area contributed by atoms with Crippen molar-refractivity contribution in [3.05, 3.63) is 60.2 Å². The van der Waals surface area contributed by atoms with Gasteiger partial charge in [-0.3, -0.25) is 0 Å². The van der Waals surface area contributed by atoms with Crippen molar-refractivity contribution in [1.29, 1.82) is 0 Å². The minimum absolute atomic E-state index is 0.993. The van der Waals surface area contributed by atoms with Crippen LogP contribution in [-0.4, -0.2) is 12.3 Å². The van der Waals surface area contributed by atoms with Gasteiger partial charge in [0.25, 0.3) is 0 Å². The molecule has 0 aliphatic heterocycles. The molecule has 0 spiro atoms. The Morgan fingerprint density at radius 3 is 2.37 bits per heavy atom. The van der Waals surface area contributed by atoms with Crippen molar-refractivity contribution >= 4 is 17.4 Å². The highest BCUT2D eigenvalue weighted by molar-refractivity contribution is 7.99. The molecule has 2 heteroatoms. The van der Waals surface area contributed by atoms with Crippen LogP contribution in [0.1, 0.15) is 18.9 Å². The molecule has 2 rings (SSSR count). The van der Waals surface area contributed by atoms with Crippen LogP contribution < -0.4 is 5.32 Å². The second kappa shape index (κ2) is 7.90. The van der Waals surface area contributed by atoms with Gasteiger partial charge >= 0.3 is 0 Å². The summed E-state index contributed by atoms with van der Waals surface area (Å²) in [6, 6.07) is 19.3. The third kappa shape index (κ3) is 4.99. The molecule has 0 aromatic heterocycles. The number of thioether (sulfide) groups is 1. The topological polar surface area (TPSA) is 12.0 Å². The quantitative estimate of drug-likeness (QED) is 0.571. The summed E-state index contributed by atoms with van der Waals surface area (Å²) >= 11 is 1.89. The molecule has 1 nitrogen and oxygen atoms in total. The van der Waals surface area contributed by atoms with Crippen LogP contribution in [0.4, 0.5) is 5.69 Å². The Morgan fingerprint density at radius 2 is 1.68 bits per heavy atom. The van der Waals surface area contributed by atoms with Crippen molar-refractivity contribution in [2.24, 2.45) is 0 Å². The summed E-state index contributed by atoms with van der Waals surface area (Å²) in [5, 5.41) is 3.46. The molecule has 0 fully saturated rings. The monoisotopic (exact) mass is 271 g/mol. The molecule has 0 saturated heterocycles. The molecular weight excluding hydrogens is 250 g/mol. The number of hydrogen-bond donors (Lipinski definition) is 1. The number of rotatable bonds is 7. The minimum Gasteiger partial charge on any atom is -0.384 e. The van der Waals surface area contributed by atoms with Crippen LogP contribution in [0.25, 0.3) is 0 Å². The zero-order valence-corrected chi connectivity index (χ0v) is 12.2. The first-order valence-corrected chi connectivity index (χ1v) is 7.87. The SMILES string of the molecule is CCCc1ccc(NCCSc2ccccc2)cc1. The van der Waals surface area contributed by atoms with Gasteiger partial charge in [0.1, 0.15) is 0 Å². The second-order valence-corrected chi connectivity index (χ2v) is 5.70. The lowest BCUT2D eigenvalue weighted by Crippen LogP contribution is -2.03. The summed E-state index contributed by atoms with van der Waals surface area (Å²) in [4.78, 5) is 1.34. The van der Waals surface area contributed by atoms with Gasteiger partial charge in [-0.2, -0.15) is 0 Å². The standard InChI is InChI=1S/C17H21NS/c1-2-6-15-9-11-16(12-10-15)18-13-14-19-17-7-4-3-5-8-17/h3-5,7-12,18H,2,6,13-14H2,1H3. The molecule has 0 saturated carbocycles. The van der Waals surface area contributed by atoms with Crippen LogP contribution in [0.5, 0.6) is 0 Å². The maximum absolute atomic E-state index is 3.46. The normalized spacial score (nSPS) is 10.4. The van der Waals surface area contributed by atoms with Crippen molar-refractivity contribution in [2.45, 2.75) is 24.7 Å². The van der Waals surface area contributed by atoms with Gasteiger partial charge in [0.05, 0.1) is 0 Å². The van der Waals surface area contributed by atoms with Crippen molar-refractivity contribution in [3.63, 3.8) is 0 Å². The Labute approximate surface area is 120 Å². The zero-order chi connectivity index (χ0) is 13.3. The smallest absolute Gasteiger partial charge is 0.0340 e. The highest BCUT2D eigenvalue weighted by atomic mass is 32.2. The first-order valence-electron chi connectivity index (χ1n) is 6.89. The molecule has 0 unspecified atom stereocenters. The van der Waals surface area contributed by atoms with Crippen LogP contribution in [0.3, 0.4) is 0 Å². The summed E-state index contributed by atoms with van der Waals surface area (Å²) in [7, 11) is 0. The van der Waals surface area contributed by atoms with E-state index >= 15 is 0 Å². The summed E-state index contributed by atoms with van der Waals surface area (Å²) in [6.07, 6.45) is 2.38. The lowest BCUT2D eigenvalue weighted by Gasteiger charge is -2.07. The average Bonchev–Trinajstić information content (AvgIpc) is 2.47. The van der Waals surface area contributed by atoms with E-state index in [0.29, 0.717) is 0 Å². The largest absolute Gasteiger partial charge is 0.384 e. The second-order valence-electron chi connectivity index (χ2n) is 4.54. The summed E-state index contributed by atoms with van der Waals surface area (Å²) in [6.45, 7) is 3.21. The van der Waals surface area contributed by atoms with Gasteiger partial charge in [0.2, 0.25) is 0 Å². The minimum atomic E-state index is 0.993. The Hall–Kier alpha value is -1.41. The molecule has 2 aromatic rings. The molecular formula is C17H21NS. The molecule has 2 aromatic carbocycles. The average molecular weight is 271 g/mol. The van der Waals surface area contributed by atoms with Gasteiger partial charge < -0.3 is 5.32 Å². The van der Waals surface area contributed by atoms with Gasteiger partial charge in [0, 0.05) is 22.9 Å². The van der Waals surface area contributed by atoms with E-state index in [-0.39, 0.29) is 0 Å². The fourth-order valence-corrected chi connectivity index (χ4v) is 2.75. The molecule has 0 atom stereocenters. The number of nitrogens with one attached hydrogen (secondary N) is 1. The summed E-state index contributed by atoms with van der Waals surface area (Å²) in [5.41, 5.74) is 2.64. The van der Waals surface area contributed by atoms with Crippen LogP contribution in [0, 0.1) is 0 Å². The third-order valence-electron chi connectivity index (χ3n) is 2.94. The van der Waals surface area contributed by atoms with Gasteiger partial charge in [-0.25, -0.2) is 0 Å². The predicted molar refractivity (Wildman–Crippen MR) is 86.1 cm³/mol. The number of benzene rings is 2. The van der Waals surface area contributed by atoms with E-state index in [4.69, 9.17) is 0 Å². The van der Waals surface area contributed by atoms with Crippen LogP contribution in [0.15, 0.2) is 59.5 Å². The Bertz CT molecular complexity index is 464. The molecule has 1 N–H and O–H groups in total. The Morgan fingerprint density at radius 1 is 0.947 bits per heavy atom. The fourth-order valence-electron chi connectivity index (χ4n) is 1.96. The first kappa shape index (κ1) is 14.0. The Kier molecular flexibility index (Phi) is 5.83. The van der Waals surface area contributed by atoms with Crippen LogP contribution >= 0.6 is 11.8 Å². The van der Waals surface area contributed by atoms with Gasteiger partial charge in [0.15, 0.2) is 0 Å². The molecule has 0 heterocycles. The van der Waals surface area contributed by atoms with E-state index in [9.17, 15) is 0 Å². The highest BCUT2D eigenvalue weighted by Gasteiger charge is 1.95. The van der Waals surface area contributed by atoms with E-state index in [1.54, 1.807) is 0 Å².